The minimum absolute atomic E-state index is 0. The van der Waals surface area contributed by atoms with E-state index in [1.54, 1.807) is 0 Å². The topological polar surface area (TPSA) is 74.8 Å². The van der Waals surface area contributed by atoms with Crippen LogP contribution in [0.1, 0.15) is 46.0 Å². The second-order valence-corrected chi connectivity index (χ2v) is 5.59. The zero-order valence-corrected chi connectivity index (χ0v) is 16.9. The predicted octanol–water partition coefficient (Wildman–Crippen LogP) is 1.89. The van der Waals surface area contributed by atoms with Gasteiger partial charge in [0.05, 0.1) is 13.2 Å². The molecule has 1 saturated carbocycles. The number of amides is 1. The Hall–Kier alpha value is -0.570. The molecule has 0 saturated heterocycles. The fraction of sp³-hybridized carbons (Fsp3) is 0.875. The van der Waals surface area contributed by atoms with Gasteiger partial charge in [0.2, 0.25) is 5.91 Å². The number of hydrogen-bond donors (Lipinski definition) is 3. The summed E-state index contributed by atoms with van der Waals surface area (Å²) in [6.07, 6.45) is 5.67. The summed E-state index contributed by atoms with van der Waals surface area (Å²) in [6.45, 7) is 8.10. The standard InChI is InChI=1S/C16H32N4O2.HI/c1-3-17-16(20-11-12-22-4-2)19-10-9-18-15(21)13-14-7-5-6-8-14;/h14H,3-13H2,1-2H3,(H,18,21)(H2,17,19,20);1H. The lowest BCUT2D eigenvalue weighted by Crippen LogP contribution is -2.41. The molecule has 0 bridgehead atoms. The fourth-order valence-corrected chi connectivity index (χ4v) is 2.64. The Bertz CT molecular complexity index is 334. The van der Waals surface area contributed by atoms with Gasteiger partial charge >= 0.3 is 0 Å². The molecular weight excluding hydrogens is 407 g/mol. The second-order valence-electron chi connectivity index (χ2n) is 5.59. The molecule has 23 heavy (non-hydrogen) atoms. The van der Waals surface area contributed by atoms with Crippen molar-refractivity contribution in [3.05, 3.63) is 0 Å². The molecule has 0 heterocycles. The van der Waals surface area contributed by atoms with E-state index in [1.807, 2.05) is 13.8 Å². The van der Waals surface area contributed by atoms with Gasteiger partial charge in [-0.15, -0.1) is 24.0 Å². The van der Waals surface area contributed by atoms with E-state index in [1.165, 1.54) is 25.7 Å². The number of nitrogens with one attached hydrogen (secondary N) is 3. The van der Waals surface area contributed by atoms with Gasteiger partial charge in [-0.1, -0.05) is 12.8 Å². The quantitative estimate of drug-likeness (QED) is 0.210. The molecule has 0 atom stereocenters. The molecule has 3 N–H and O–H groups in total. The maximum absolute atomic E-state index is 11.8. The van der Waals surface area contributed by atoms with Gasteiger partial charge in [0.1, 0.15) is 0 Å². The van der Waals surface area contributed by atoms with Crippen molar-refractivity contribution in [1.82, 2.24) is 16.0 Å². The number of ether oxygens (including phenoxy) is 1. The van der Waals surface area contributed by atoms with Gasteiger partial charge in [0.25, 0.3) is 0 Å². The number of nitrogens with zero attached hydrogens (tertiary/aromatic N) is 1. The Morgan fingerprint density at radius 3 is 2.48 bits per heavy atom. The second kappa shape index (κ2) is 15.0. The Morgan fingerprint density at radius 2 is 1.83 bits per heavy atom. The Labute approximate surface area is 157 Å². The molecule has 0 aromatic heterocycles. The molecule has 1 fully saturated rings. The molecule has 0 aromatic carbocycles. The van der Waals surface area contributed by atoms with Gasteiger partial charge < -0.3 is 20.7 Å². The number of hydrogen-bond acceptors (Lipinski definition) is 3. The molecule has 0 radical (unpaired) electrons. The van der Waals surface area contributed by atoms with Crippen LogP contribution in [0.3, 0.4) is 0 Å². The summed E-state index contributed by atoms with van der Waals surface area (Å²) in [4.78, 5) is 16.2. The Balaban J connectivity index is 0.00000484. The summed E-state index contributed by atoms with van der Waals surface area (Å²) < 4.78 is 5.26. The smallest absolute Gasteiger partial charge is 0.220 e. The van der Waals surface area contributed by atoms with Gasteiger partial charge in [0, 0.05) is 32.7 Å². The zero-order valence-electron chi connectivity index (χ0n) is 14.5. The summed E-state index contributed by atoms with van der Waals surface area (Å²) in [5, 5.41) is 9.37. The minimum Gasteiger partial charge on any atom is -0.380 e. The average Bonchev–Trinajstić information content (AvgIpc) is 3.00. The molecule has 7 heteroatoms. The number of rotatable bonds is 10. The average molecular weight is 440 g/mol. The van der Waals surface area contributed by atoms with Crippen LogP contribution in [0.25, 0.3) is 0 Å². The summed E-state index contributed by atoms with van der Waals surface area (Å²) in [5.41, 5.74) is 0. The number of halogens is 1. The Morgan fingerprint density at radius 1 is 1.13 bits per heavy atom. The van der Waals surface area contributed by atoms with E-state index in [2.05, 4.69) is 20.9 Å². The van der Waals surface area contributed by atoms with Crippen molar-refractivity contribution in [2.24, 2.45) is 10.9 Å². The lowest BCUT2D eigenvalue weighted by molar-refractivity contribution is -0.121. The third-order valence-electron chi connectivity index (χ3n) is 3.74. The van der Waals surface area contributed by atoms with E-state index in [9.17, 15) is 4.79 Å². The van der Waals surface area contributed by atoms with Crippen molar-refractivity contribution in [2.45, 2.75) is 46.0 Å². The van der Waals surface area contributed by atoms with Gasteiger partial charge in [-0.25, -0.2) is 0 Å². The SMILES string of the molecule is CCNC(=NCCOCC)NCCNC(=O)CC1CCCC1.I. The van der Waals surface area contributed by atoms with Gasteiger partial charge in [-0.05, 0) is 32.6 Å². The molecule has 1 aliphatic carbocycles. The molecule has 0 spiro atoms. The van der Waals surface area contributed by atoms with E-state index in [0.717, 1.165) is 12.5 Å². The van der Waals surface area contributed by atoms with Gasteiger partial charge in [0.15, 0.2) is 5.96 Å². The normalized spacial score (nSPS) is 15.1. The Kier molecular flexibility index (Phi) is 14.6. The van der Waals surface area contributed by atoms with Crippen LogP contribution in [-0.4, -0.2) is 51.3 Å². The maximum Gasteiger partial charge on any atom is 0.220 e. The monoisotopic (exact) mass is 440 g/mol. The third-order valence-corrected chi connectivity index (χ3v) is 3.74. The summed E-state index contributed by atoms with van der Waals surface area (Å²) in [7, 11) is 0. The van der Waals surface area contributed by atoms with Crippen molar-refractivity contribution < 1.29 is 9.53 Å². The molecule has 0 aromatic rings. The summed E-state index contributed by atoms with van der Waals surface area (Å²) >= 11 is 0. The van der Waals surface area contributed by atoms with Crippen LogP contribution in [0, 0.1) is 5.92 Å². The first-order valence-corrected chi connectivity index (χ1v) is 8.62. The highest BCUT2D eigenvalue weighted by Crippen LogP contribution is 2.27. The molecule has 136 valence electrons. The van der Waals surface area contributed by atoms with Crippen LogP contribution in [0.4, 0.5) is 0 Å². The summed E-state index contributed by atoms with van der Waals surface area (Å²) in [6, 6.07) is 0. The van der Waals surface area contributed by atoms with E-state index < -0.39 is 0 Å². The van der Waals surface area contributed by atoms with Crippen LogP contribution >= 0.6 is 24.0 Å². The van der Waals surface area contributed by atoms with Gasteiger partial charge in [-0.2, -0.15) is 0 Å². The molecule has 0 unspecified atom stereocenters. The maximum atomic E-state index is 11.8. The predicted molar refractivity (Wildman–Crippen MR) is 105 cm³/mol. The number of carbonyl (C=O) groups excluding carboxylic acids is 1. The van der Waals surface area contributed by atoms with Crippen molar-refractivity contribution in [3.63, 3.8) is 0 Å². The first-order chi connectivity index (χ1) is 10.8. The lowest BCUT2D eigenvalue weighted by atomic mass is 10.0. The van der Waals surface area contributed by atoms with Crippen molar-refractivity contribution in [1.29, 1.82) is 0 Å². The van der Waals surface area contributed by atoms with Crippen LogP contribution < -0.4 is 16.0 Å². The van der Waals surface area contributed by atoms with Crippen molar-refractivity contribution >= 4 is 35.8 Å². The third kappa shape index (κ3) is 11.6. The van der Waals surface area contributed by atoms with Crippen LogP contribution in [0.5, 0.6) is 0 Å². The highest BCUT2D eigenvalue weighted by atomic mass is 127. The molecule has 1 amide bonds. The van der Waals surface area contributed by atoms with Crippen LogP contribution in [0.2, 0.25) is 0 Å². The molecule has 0 aliphatic heterocycles. The largest absolute Gasteiger partial charge is 0.380 e. The van der Waals surface area contributed by atoms with E-state index in [4.69, 9.17) is 4.74 Å². The first-order valence-electron chi connectivity index (χ1n) is 8.62. The van der Waals surface area contributed by atoms with Crippen LogP contribution in [0.15, 0.2) is 4.99 Å². The minimum atomic E-state index is 0. The molecule has 6 nitrogen and oxygen atoms in total. The van der Waals surface area contributed by atoms with Crippen molar-refractivity contribution in [2.75, 3.05) is 39.4 Å². The van der Waals surface area contributed by atoms with E-state index in [-0.39, 0.29) is 29.9 Å². The van der Waals surface area contributed by atoms with Gasteiger partial charge in [-0.3, -0.25) is 9.79 Å². The molecule has 1 rings (SSSR count). The lowest BCUT2D eigenvalue weighted by Gasteiger charge is -2.13. The highest BCUT2D eigenvalue weighted by Gasteiger charge is 2.17. The molecular formula is C16H33IN4O2. The van der Waals surface area contributed by atoms with E-state index >= 15 is 0 Å². The van der Waals surface area contributed by atoms with Crippen molar-refractivity contribution in [3.8, 4) is 0 Å². The first kappa shape index (κ1) is 22.4. The van der Waals surface area contributed by atoms with Crippen LogP contribution in [-0.2, 0) is 9.53 Å². The fourth-order valence-electron chi connectivity index (χ4n) is 2.64. The zero-order chi connectivity index (χ0) is 16.0. The highest BCUT2D eigenvalue weighted by molar-refractivity contribution is 14.0. The van der Waals surface area contributed by atoms with E-state index in [0.29, 0.717) is 45.2 Å². The number of aliphatic imine (C=N–C) groups is 1. The number of carbonyl (C=O) groups is 1. The summed E-state index contributed by atoms with van der Waals surface area (Å²) in [5.74, 6) is 1.55. The molecule has 1 aliphatic rings. The number of guanidine groups is 1.